The first-order chi connectivity index (χ1) is 11.7. The molecule has 0 aromatic heterocycles. The third-order valence-electron chi connectivity index (χ3n) is 3.85. The first kappa shape index (κ1) is 17.4. The Morgan fingerprint density at radius 2 is 1.46 bits per heavy atom. The Morgan fingerprint density at radius 3 is 1.88 bits per heavy atom. The van der Waals surface area contributed by atoms with Crippen molar-refractivity contribution in [3.63, 3.8) is 0 Å². The zero-order valence-electron chi connectivity index (χ0n) is 13.3. The van der Waals surface area contributed by atoms with Crippen LogP contribution in [0, 0.1) is 5.16 Å². The van der Waals surface area contributed by atoms with Crippen LogP contribution < -0.4 is 0 Å². The Kier molecular flexibility index (Phi) is 5.90. The van der Waals surface area contributed by atoms with Crippen molar-refractivity contribution < 1.29 is 13.8 Å². The standard InChI is InChI=1S/C18H20NO3PS/c19-23(17-11-12-24-18(17)20,21-13-15-7-3-1-4-8-15)22-14-16-9-5-2-6-10-16/h1-10,17,19H,11-14H2. The summed E-state index contributed by atoms with van der Waals surface area (Å²) < 4.78 is 11.8. The minimum atomic E-state index is -3.02. The summed E-state index contributed by atoms with van der Waals surface area (Å²) in [5.41, 5.74) is 1.51. The van der Waals surface area contributed by atoms with Crippen molar-refractivity contribution >= 4 is 24.4 Å². The van der Waals surface area contributed by atoms with E-state index in [-0.39, 0.29) is 5.12 Å². The first-order valence-corrected chi connectivity index (χ1v) is 10.5. The number of benzene rings is 2. The summed E-state index contributed by atoms with van der Waals surface area (Å²) in [4.78, 5) is 12.2. The van der Waals surface area contributed by atoms with Crippen molar-refractivity contribution in [2.75, 3.05) is 5.75 Å². The molecule has 2 aromatic carbocycles. The molecule has 0 amide bonds. The fourth-order valence-electron chi connectivity index (χ4n) is 2.50. The van der Waals surface area contributed by atoms with Gasteiger partial charge in [0, 0.05) is 5.75 Å². The molecule has 0 radical (unpaired) electrons. The van der Waals surface area contributed by atoms with Crippen LogP contribution in [0.5, 0.6) is 0 Å². The van der Waals surface area contributed by atoms with E-state index in [1.54, 1.807) is 0 Å². The quantitative estimate of drug-likeness (QED) is 0.700. The van der Waals surface area contributed by atoms with E-state index in [1.807, 2.05) is 60.7 Å². The summed E-state index contributed by atoms with van der Waals surface area (Å²) in [6, 6.07) is 19.4. The number of thioether (sulfide) groups is 1. The molecule has 0 spiro atoms. The molecule has 1 aliphatic heterocycles. The molecule has 1 unspecified atom stereocenters. The maximum absolute atomic E-state index is 12.2. The van der Waals surface area contributed by atoms with Crippen LogP contribution in [0.2, 0.25) is 0 Å². The zero-order valence-corrected chi connectivity index (χ0v) is 15.0. The molecule has 126 valence electrons. The lowest BCUT2D eigenvalue weighted by Gasteiger charge is -2.26. The molecule has 4 nitrogen and oxygen atoms in total. The predicted octanol–water partition coefficient (Wildman–Crippen LogP) is 5.06. The molecule has 1 N–H and O–H groups in total. The minimum Gasteiger partial charge on any atom is -0.319 e. The van der Waals surface area contributed by atoms with Crippen LogP contribution in [0.3, 0.4) is 0 Å². The molecule has 1 heterocycles. The van der Waals surface area contributed by atoms with Crippen LogP contribution in [-0.4, -0.2) is 16.5 Å². The van der Waals surface area contributed by atoms with Crippen molar-refractivity contribution in [3.8, 4) is 0 Å². The lowest BCUT2D eigenvalue weighted by Crippen LogP contribution is -2.16. The maximum Gasteiger partial charge on any atom is 0.221 e. The highest BCUT2D eigenvalue weighted by Gasteiger charge is 2.40. The lowest BCUT2D eigenvalue weighted by atomic mass is 10.2. The van der Waals surface area contributed by atoms with E-state index in [9.17, 15) is 4.79 Å². The van der Waals surface area contributed by atoms with E-state index in [1.165, 1.54) is 11.8 Å². The smallest absolute Gasteiger partial charge is 0.221 e. The van der Waals surface area contributed by atoms with Gasteiger partial charge in [-0.05, 0) is 17.5 Å². The van der Waals surface area contributed by atoms with Gasteiger partial charge in [-0.25, -0.2) is 0 Å². The highest BCUT2D eigenvalue weighted by molar-refractivity contribution is 8.14. The van der Waals surface area contributed by atoms with Gasteiger partial charge in [0.15, 0.2) is 0 Å². The number of carbonyl (C=O) groups excluding carboxylic acids is 1. The number of carbonyl (C=O) groups is 1. The molecule has 1 fully saturated rings. The number of hydrogen-bond donors (Lipinski definition) is 1. The molecule has 0 bridgehead atoms. The monoisotopic (exact) mass is 361 g/mol. The van der Waals surface area contributed by atoms with Gasteiger partial charge in [0.05, 0.1) is 13.2 Å². The summed E-state index contributed by atoms with van der Waals surface area (Å²) >= 11 is 1.28. The van der Waals surface area contributed by atoms with Crippen molar-refractivity contribution in [2.45, 2.75) is 25.3 Å². The van der Waals surface area contributed by atoms with E-state index in [4.69, 9.17) is 14.2 Å². The van der Waals surface area contributed by atoms with Gasteiger partial charge in [-0.2, -0.15) is 0 Å². The van der Waals surface area contributed by atoms with E-state index in [0.29, 0.717) is 19.6 Å². The summed E-state index contributed by atoms with van der Waals surface area (Å²) in [6.45, 7) is 0.586. The van der Waals surface area contributed by atoms with Crippen LogP contribution in [0.25, 0.3) is 0 Å². The average molecular weight is 361 g/mol. The fourth-order valence-corrected chi connectivity index (χ4v) is 6.04. The van der Waals surface area contributed by atoms with E-state index >= 15 is 0 Å². The summed E-state index contributed by atoms with van der Waals surface area (Å²) in [7, 11) is -3.02. The molecular formula is C18H20NO3PS. The molecule has 0 saturated carbocycles. The van der Waals surface area contributed by atoms with E-state index in [2.05, 4.69) is 0 Å². The first-order valence-electron chi connectivity index (χ1n) is 7.85. The third-order valence-corrected chi connectivity index (χ3v) is 7.37. The van der Waals surface area contributed by atoms with Crippen LogP contribution in [0.15, 0.2) is 60.7 Å². The lowest BCUT2D eigenvalue weighted by molar-refractivity contribution is -0.110. The molecule has 1 saturated heterocycles. The molecule has 3 rings (SSSR count). The van der Waals surface area contributed by atoms with Gasteiger partial charge >= 0.3 is 0 Å². The minimum absolute atomic E-state index is 0.0273. The third kappa shape index (κ3) is 4.37. The van der Waals surface area contributed by atoms with E-state index < -0.39 is 13.2 Å². The van der Waals surface area contributed by atoms with Gasteiger partial charge < -0.3 is 9.05 Å². The Labute approximate surface area is 146 Å². The van der Waals surface area contributed by atoms with Gasteiger partial charge in [-0.3, -0.25) is 9.96 Å². The van der Waals surface area contributed by atoms with Gasteiger partial charge in [-0.15, -0.1) is 0 Å². The average Bonchev–Trinajstić information content (AvgIpc) is 3.07. The Balaban J connectivity index is 1.73. The Hall–Kier alpha value is -1.39. The van der Waals surface area contributed by atoms with Crippen LogP contribution >= 0.6 is 19.3 Å². The molecule has 1 atom stereocenters. The second-order valence-corrected chi connectivity index (χ2v) is 9.02. The molecule has 24 heavy (non-hydrogen) atoms. The SMILES string of the molecule is N=P(OCc1ccccc1)(OCc1ccccc1)C1CCSC1=O. The second-order valence-electron chi connectivity index (χ2n) is 5.59. The predicted molar refractivity (Wildman–Crippen MR) is 98.0 cm³/mol. The van der Waals surface area contributed by atoms with Gasteiger partial charge in [-0.1, -0.05) is 72.4 Å². The summed E-state index contributed by atoms with van der Waals surface area (Å²) in [6.07, 6.45) is 0.657. The van der Waals surface area contributed by atoms with Crippen molar-refractivity contribution in [3.05, 3.63) is 71.8 Å². The van der Waals surface area contributed by atoms with Crippen LogP contribution in [-0.2, 0) is 27.1 Å². The van der Waals surface area contributed by atoms with E-state index in [0.717, 1.165) is 16.9 Å². The largest absolute Gasteiger partial charge is 0.319 e. The fraction of sp³-hybridized carbons (Fsp3) is 0.278. The van der Waals surface area contributed by atoms with Crippen molar-refractivity contribution in [1.29, 1.82) is 5.16 Å². The molecule has 0 aliphatic carbocycles. The second kappa shape index (κ2) is 8.13. The molecule has 1 aliphatic rings. The topological polar surface area (TPSA) is 59.4 Å². The van der Waals surface area contributed by atoms with Gasteiger partial charge in [0.2, 0.25) is 12.6 Å². The highest BCUT2D eigenvalue weighted by atomic mass is 32.2. The highest BCUT2D eigenvalue weighted by Crippen LogP contribution is 2.59. The van der Waals surface area contributed by atoms with Crippen LogP contribution in [0.1, 0.15) is 17.5 Å². The van der Waals surface area contributed by atoms with Gasteiger partial charge in [0.25, 0.3) is 0 Å². The summed E-state index contributed by atoms with van der Waals surface area (Å²) in [5, 5.41) is 8.81. The van der Waals surface area contributed by atoms with Crippen molar-refractivity contribution in [2.24, 2.45) is 0 Å². The number of nitrogens with one attached hydrogen (secondary N) is 1. The van der Waals surface area contributed by atoms with Gasteiger partial charge in [0.1, 0.15) is 5.66 Å². The van der Waals surface area contributed by atoms with Crippen LogP contribution in [0.4, 0.5) is 0 Å². The number of hydrogen-bond acceptors (Lipinski definition) is 5. The zero-order chi connectivity index (χ0) is 16.8. The summed E-state index contributed by atoms with van der Waals surface area (Å²) in [5.74, 6) is 0.744. The number of rotatable bonds is 7. The normalized spacial score (nSPS) is 18.0. The molecule has 2 aromatic rings. The molecule has 6 heteroatoms. The van der Waals surface area contributed by atoms with Crippen molar-refractivity contribution in [1.82, 2.24) is 0 Å². The Bertz CT molecular complexity index is 676. The molecular weight excluding hydrogens is 341 g/mol. The Morgan fingerprint density at radius 1 is 0.958 bits per heavy atom. The maximum atomic E-state index is 12.2.